The Balaban J connectivity index is 1.69. The van der Waals surface area contributed by atoms with Crippen LogP contribution in [0.4, 0.5) is 0 Å². The highest BCUT2D eigenvalue weighted by molar-refractivity contribution is 6.13. The standard InChI is InChI=1S/C34H26N2O/c1-2-11-23-20-21-31-29(22-23)27-17-10-19-32(33(27)35(31)24-12-4-3-5-13-24)36-30-18-9-8-15-26(30)25-14-6-7-16-28(25)34(36)37/h3-10,12-22H,2,11H2,1H3. The van der Waals surface area contributed by atoms with Gasteiger partial charge in [-0.15, -0.1) is 0 Å². The first-order valence-corrected chi connectivity index (χ1v) is 12.9. The van der Waals surface area contributed by atoms with Crippen molar-refractivity contribution in [3.05, 3.63) is 131 Å². The molecule has 0 atom stereocenters. The molecule has 0 spiro atoms. The number of hydrogen-bond acceptors (Lipinski definition) is 1. The normalized spacial score (nSPS) is 11.7. The van der Waals surface area contributed by atoms with E-state index in [0.29, 0.717) is 0 Å². The van der Waals surface area contributed by atoms with Crippen molar-refractivity contribution in [2.75, 3.05) is 0 Å². The van der Waals surface area contributed by atoms with E-state index >= 15 is 0 Å². The molecule has 7 rings (SSSR count). The smallest absolute Gasteiger partial charge is 0.263 e. The largest absolute Gasteiger partial charge is 0.307 e. The number of aromatic nitrogens is 2. The van der Waals surface area contributed by atoms with Gasteiger partial charge in [-0.2, -0.15) is 0 Å². The fourth-order valence-corrected chi connectivity index (χ4v) is 5.84. The van der Waals surface area contributed by atoms with Gasteiger partial charge in [0.1, 0.15) is 0 Å². The van der Waals surface area contributed by atoms with Gasteiger partial charge in [-0.25, -0.2) is 0 Å². The Kier molecular flexibility index (Phi) is 4.97. The van der Waals surface area contributed by atoms with Crippen LogP contribution in [0.2, 0.25) is 0 Å². The molecule has 0 N–H and O–H groups in total. The Hall–Kier alpha value is -4.63. The number of nitrogens with zero attached hydrogens (tertiary/aromatic N) is 2. The number of para-hydroxylation sites is 3. The van der Waals surface area contributed by atoms with Crippen LogP contribution in [-0.2, 0) is 6.42 Å². The predicted octanol–water partition coefficient (Wildman–Crippen LogP) is 8.19. The summed E-state index contributed by atoms with van der Waals surface area (Å²) < 4.78 is 4.22. The van der Waals surface area contributed by atoms with Gasteiger partial charge in [0.25, 0.3) is 5.56 Å². The zero-order valence-electron chi connectivity index (χ0n) is 20.7. The fourth-order valence-electron chi connectivity index (χ4n) is 5.84. The SMILES string of the molecule is CCCc1ccc2c(c1)c1cccc(-n3c(=O)c4ccccc4c4ccccc43)c1n2-c1ccccc1. The van der Waals surface area contributed by atoms with E-state index in [9.17, 15) is 4.79 Å². The van der Waals surface area contributed by atoms with E-state index in [1.165, 1.54) is 10.9 Å². The van der Waals surface area contributed by atoms with Crippen LogP contribution in [0, 0.1) is 0 Å². The third-order valence-electron chi connectivity index (χ3n) is 7.42. The first-order valence-electron chi connectivity index (χ1n) is 12.9. The monoisotopic (exact) mass is 478 g/mol. The summed E-state index contributed by atoms with van der Waals surface area (Å²) in [6.45, 7) is 2.22. The number of benzene rings is 5. The van der Waals surface area contributed by atoms with Crippen molar-refractivity contribution in [3.63, 3.8) is 0 Å². The zero-order valence-corrected chi connectivity index (χ0v) is 20.7. The van der Waals surface area contributed by atoms with Crippen LogP contribution in [0.1, 0.15) is 18.9 Å². The molecule has 2 heterocycles. The van der Waals surface area contributed by atoms with Gasteiger partial charge in [0.15, 0.2) is 0 Å². The van der Waals surface area contributed by atoms with E-state index in [0.717, 1.165) is 62.3 Å². The molecular weight excluding hydrogens is 452 g/mol. The lowest BCUT2D eigenvalue weighted by atomic mass is 10.0. The zero-order chi connectivity index (χ0) is 24.9. The summed E-state index contributed by atoms with van der Waals surface area (Å²) in [6, 6.07) is 39.7. The number of fused-ring (bicyclic) bond motifs is 6. The average Bonchev–Trinajstić information content (AvgIpc) is 3.28. The second-order valence-corrected chi connectivity index (χ2v) is 9.65. The topological polar surface area (TPSA) is 26.9 Å². The Morgan fingerprint density at radius 3 is 2.05 bits per heavy atom. The first-order chi connectivity index (χ1) is 18.3. The molecule has 2 aromatic heterocycles. The van der Waals surface area contributed by atoms with E-state index in [-0.39, 0.29) is 5.56 Å². The summed E-state index contributed by atoms with van der Waals surface area (Å²) in [5.41, 5.74) is 6.40. The molecule has 178 valence electrons. The lowest BCUT2D eigenvalue weighted by molar-refractivity contribution is 0.923. The van der Waals surface area contributed by atoms with Crippen molar-refractivity contribution in [2.24, 2.45) is 0 Å². The predicted molar refractivity (Wildman–Crippen MR) is 155 cm³/mol. The van der Waals surface area contributed by atoms with Crippen LogP contribution in [0.3, 0.4) is 0 Å². The molecule has 0 aliphatic carbocycles. The van der Waals surface area contributed by atoms with Crippen LogP contribution >= 0.6 is 0 Å². The minimum atomic E-state index is -0.00154. The summed E-state index contributed by atoms with van der Waals surface area (Å²) in [7, 11) is 0. The van der Waals surface area contributed by atoms with E-state index in [4.69, 9.17) is 0 Å². The van der Waals surface area contributed by atoms with Crippen LogP contribution in [0.5, 0.6) is 0 Å². The summed E-state index contributed by atoms with van der Waals surface area (Å²) in [5.74, 6) is 0. The minimum absolute atomic E-state index is 0.00154. The number of pyridine rings is 1. The van der Waals surface area contributed by atoms with Crippen molar-refractivity contribution < 1.29 is 0 Å². The highest BCUT2D eigenvalue weighted by Crippen LogP contribution is 2.37. The molecule has 0 aliphatic rings. The number of hydrogen-bond donors (Lipinski definition) is 0. The van der Waals surface area contributed by atoms with Crippen molar-refractivity contribution in [3.8, 4) is 11.4 Å². The van der Waals surface area contributed by atoms with Crippen molar-refractivity contribution in [1.29, 1.82) is 0 Å². The second kappa shape index (κ2) is 8.49. The summed E-state index contributed by atoms with van der Waals surface area (Å²) in [6.07, 6.45) is 2.15. The van der Waals surface area contributed by atoms with Gasteiger partial charge in [0, 0.05) is 27.2 Å². The van der Waals surface area contributed by atoms with Crippen LogP contribution < -0.4 is 5.56 Å². The van der Waals surface area contributed by atoms with Crippen molar-refractivity contribution >= 4 is 43.5 Å². The Bertz CT molecular complexity index is 2010. The Morgan fingerprint density at radius 1 is 0.568 bits per heavy atom. The van der Waals surface area contributed by atoms with Crippen molar-refractivity contribution in [2.45, 2.75) is 19.8 Å². The van der Waals surface area contributed by atoms with Crippen LogP contribution in [0.15, 0.2) is 120 Å². The van der Waals surface area contributed by atoms with Gasteiger partial charge in [-0.3, -0.25) is 9.36 Å². The molecule has 0 saturated carbocycles. The van der Waals surface area contributed by atoms with Gasteiger partial charge < -0.3 is 4.57 Å². The van der Waals surface area contributed by atoms with E-state index in [2.05, 4.69) is 84.3 Å². The lowest BCUT2D eigenvalue weighted by Crippen LogP contribution is -2.20. The molecule has 0 unspecified atom stereocenters. The molecule has 37 heavy (non-hydrogen) atoms. The van der Waals surface area contributed by atoms with Gasteiger partial charge in [0.2, 0.25) is 0 Å². The number of rotatable bonds is 4. The maximum absolute atomic E-state index is 14.1. The van der Waals surface area contributed by atoms with E-state index in [1.807, 2.05) is 47.0 Å². The Labute approximate surface area is 214 Å². The third kappa shape index (κ3) is 3.24. The maximum atomic E-state index is 14.1. The Morgan fingerprint density at radius 2 is 1.24 bits per heavy atom. The molecule has 5 aromatic carbocycles. The molecule has 0 saturated heterocycles. The van der Waals surface area contributed by atoms with Gasteiger partial charge in [-0.05, 0) is 59.8 Å². The number of aryl methyl sites for hydroxylation is 1. The second-order valence-electron chi connectivity index (χ2n) is 9.65. The van der Waals surface area contributed by atoms with E-state index < -0.39 is 0 Å². The third-order valence-corrected chi connectivity index (χ3v) is 7.42. The van der Waals surface area contributed by atoms with E-state index in [1.54, 1.807) is 0 Å². The molecular formula is C34H26N2O. The van der Waals surface area contributed by atoms with Gasteiger partial charge in [-0.1, -0.05) is 86.1 Å². The summed E-state index contributed by atoms with van der Waals surface area (Å²) >= 11 is 0. The molecule has 3 nitrogen and oxygen atoms in total. The molecule has 0 bridgehead atoms. The molecule has 0 aliphatic heterocycles. The highest BCUT2D eigenvalue weighted by atomic mass is 16.1. The van der Waals surface area contributed by atoms with Crippen LogP contribution in [0.25, 0.3) is 54.9 Å². The maximum Gasteiger partial charge on any atom is 0.263 e. The quantitative estimate of drug-likeness (QED) is 0.234. The molecule has 3 heteroatoms. The summed E-state index contributed by atoms with van der Waals surface area (Å²) in [4.78, 5) is 14.1. The molecule has 0 fully saturated rings. The summed E-state index contributed by atoms with van der Waals surface area (Å²) in [5, 5.41) is 5.15. The minimum Gasteiger partial charge on any atom is -0.307 e. The molecule has 0 radical (unpaired) electrons. The van der Waals surface area contributed by atoms with Crippen LogP contribution in [-0.4, -0.2) is 9.13 Å². The fraction of sp³-hybridized carbons (Fsp3) is 0.0882. The van der Waals surface area contributed by atoms with Crippen molar-refractivity contribution in [1.82, 2.24) is 9.13 Å². The highest BCUT2D eigenvalue weighted by Gasteiger charge is 2.19. The molecule has 7 aromatic rings. The molecule has 0 amide bonds. The van der Waals surface area contributed by atoms with Gasteiger partial charge in [0.05, 0.1) is 22.2 Å². The average molecular weight is 479 g/mol. The van der Waals surface area contributed by atoms with Gasteiger partial charge >= 0.3 is 0 Å². The lowest BCUT2D eigenvalue weighted by Gasteiger charge is -2.16. The first kappa shape index (κ1) is 21.6.